The van der Waals surface area contributed by atoms with Crippen LogP contribution in [0.1, 0.15) is 20.8 Å². The van der Waals surface area contributed by atoms with E-state index in [1.54, 1.807) is 26.8 Å². The van der Waals surface area contributed by atoms with Crippen LogP contribution in [0.2, 0.25) is 0 Å². The minimum absolute atomic E-state index is 0.229. The summed E-state index contributed by atoms with van der Waals surface area (Å²) in [6.07, 6.45) is 1.11. The molecule has 0 aliphatic rings. The highest BCUT2D eigenvalue weighted by Crippen LogP contribution is 2.06. The molecule has 0 aromatic heterocycles. The van der Waals surface area contributed by atoms with Crippen molar-refractivity contribution in [2.24, 2.45) is 5.73 Å². The lowest BCUT2D eigenvalue weighted by Crippen LogP contribution is -2.39. The van der Waals surface area contributed by atoms with Crippen LogP contribution in [-0.2, 0) is 4.74 Å². The van der Waals surface area contributed by atoms with Crippen LogP contribution in [-0.4, -0.2) is 24.3 Å². The third kappa shape index (κ3) is 7.33. The standard InChI is InChI=1S/C9H18N2O2/c1-5-7(10)6-11-8(12)13-9(2,3)4/h5,7H,1,6,10H2,2-4H3,(H,11,12)/t7-/m1/s1. The van der Waals surface area contributed by atoms with Gasteiger partial charge in [-0.05, 0) is 20.8 Å². The lowest BCUT2D eigenvalue weighted by atomic mass is 10.2. The van der Waals surface area contributed by atoms with Gasteiger partial charge >= 0.3 is 6.09 Å². The molecule has 0 fully saturated rings. The van der Waals surface area contributed by atoms with E-state index in [9.17, 15) is 4.79 Å². The van der Waals surface area contributed by atoms with Gasteiger partial charge in [-0.15, -0.1) is 6.58 Å². The van der Waals surface area contributed by atoms with Crippen molar-refractivity contribution in [2.45, 2.75) is 32.4 Å². The molecule has 76 valence electrons. The van der Waals surface area contributed by atoms with E-state index >= 15 is 0 Å². The first-order valence-electron chi connectivity index (χ1n) is 4.20. The van der Waals surface area contributed by atoms with E-state index in [-0.39, 0.29) is 6.04 Å². The first-order chi connectivity index (χ1) is 5.85. The zero-order chi connectivity index (χ0) is 10.5. The number of hydrogen-bond acceptors (Lipinski definition) is 3. The third-order valence-electron chi connectivity index (χ3n) is 1.18. The fourth-order valence-electron chi connectivity index (χ4n) is 0.599. The Kier molecular flexibility index (Phi) is 4.48. The fourth-order valence-corrected chi connectivity index (χ4v) is 0.599. The molecule has 3 N–H and O–H groups in total. The van der Waals surface area contributed by atoms with Crippen molar-refractivity contribution in [1.29, 1.82) is 0 Å². The summed E-state index contributed by atoms with van der Waals surface area (Å²) in [6, 6.07) is -0.229. The highest BCUT2D eigenvalue weighted by Gasteiger charge is 2.15. The number of nitrogens with two attached hydrogens (primary N) is 1. The summed E-state index contributed by atoms with van der Waals surface area (Å²) >= 11 is 0. The summed E-state index contributed by atoms with van der Waals surface area (Å²) in [4.78, 5) is 11.1. The Labute approximate surface area is 79.1 Å². The summed E-state index contributed by atoms with van der Waals surface area (Å²) in [5, 5.41) is 2.53. The van der Waals surface area contributed by atoms with E-state index in [2.05, 4.69) is 11.9 Å². The second kappa shape index (κ2) is 4.87. The van der Waals surface area contributed by atoms with Crippen LogP contribution in [0.5, 0.6) is 0 Å². The minimum atomic E-state index is -0.470. The molecule has 0 aromatic carbocycles. The van der Waals surface area contributed by atoms with Gasteiger partial charge < -0.3 is 15.8 Å². The lowest BCUT2D eigenvalue weighted by molar-refractivity contribution is 0.0526. The average Bonchev–Trinajstić information content (AvgIpc) is 1.97. The average molecular weight is 186 g/mol. The van der Waals surface area contributed by atoms with Crippen LogP contribution < -0.4 is 11.1 Å². The molecule has 13 heavy (non-hydrogen) atoms. The SMILES string of the molecule is C=C[C@@H](N)CNC(=O)OC(C)(C)C. The van der Waals surface area contributed by atoms with Crippen molar-refractivity contribution < 1.29 is 9.53 Å². The van der Waals surface area contributed by atoms with Crippen molar-refractivity contribution in [1.82, 2.24) is 5.32 Å². The van der Waals surface area contributed by atoms with E-state index in [1.165, 1.54) is 0 Å². The molecule has 4 nitrogen and oxygen atoms in total. The van der Waals surface area contributed by atoms with E-state index in [4.69, 9.17) is 10.5 Å². The zero-order valence-electron chi connectivity index (χ0n) is 8.46. The fraction of sp³-hybridized carbons (Fsp3) is 0.667. The molecule has 0 bridgehead atoms. The van der Waals surface area contributed by atoms with Gasteiger partial charge in [0.2, 0.25) is 0 Å². The molecule has 0 aromatic rings. The van der Waals surface area contributed by atoms with Crippen LogP contribution in [0.25, 0.3) is 0 Å². The van der Waals surface area contributed by atoms with Crippen molar-refractivity contribution in [3.8, 4) is 0 Å². The predicted molar refractivity (Wildman–Crippen MR) is 52.4 cm³/mol. The summed E-state index contributed by atoms with van der Waals surface area (Å²) in [5.41, 5.74) is 5.03. The zero-order valence-corrected chi connectivity index (χ0v) is 8.46. The number of hydrogen-bond donors (Lipinski definition) is 2. The first kappa shape index (κ1) is 12.0. The number of alkyl carbamates (subject to hydrolysis) is 1. The minimum Gasteiger partial charge on any atom is -0.444 e. The molecular weight excluding hydrogens is 168 g/mol. The molecule has 1 amide bonds. The Morgan fingerprint density at radius 2 is 2.23 bits per heavy atom. The Morgan fingerprint density at radius 3 is 2.62 bits per heavy atom. The molecule has 0 heterocycles. The third-order valence-corrected chi connectivity index (χ3v) is 1.18. The molecule has 1 atom stereocenters. The quantitative estimate of drug-likeness (QED) is 0.647. The van der Waals surface area contributed by atoms with Gasteiger partial charge in [0, 0.05) is 12.6 Å². The maximum Gasteiger partial charge on any atom is 0.407 e. The van der Waals surface area contributed by atoms with Gasteiger partial charge in [0.25, 0.3) is 0 Å². The molecule has 0 radical (unpaired) electrons. The Bertz CT molecular complexity index is 185. The van der Waals surface area contributed by atoms with Crippen LogP contribution in [0.4, 0.5) is 4.79 Å². The number of nitrogens with one attached hydrogen (secondary N) is 1. The molecule has 0 aliphatic heterocycles. The van der Waals surface area contributed by atoms with Crippen molar-refractivity contribution in [3.63, 3.8) is 0 Å². The van der Waals surface area contributed by atoms with E-state index < -0.39 is 11.7 Å². The van der Waals surface area contributed by atoms with Crippen LogP contribution >= 0.6 is 0 Å². The second-order valence-corrected chi connectivity index (χ2v) is 3.78. The molecule has 0 rings (SSSR count). The molecule has 0 saturated heterocycles. The highest BCUT2D eigenvalue weighted by molar-refractivity contribution is 5.67. The Hall–Kier alpha value is -1.03. The summed E-state index contributed by atoms with van der Waals surface area (Å²) in [5.74, 6) is 0. The Balaban J connectivity index is 3.70. The van der Waals surface area contributed by atoms with Gasteiger partial charge in [-0.3, -0.25) is 0 Å². The van der Waals surface area contributed by atoms with Gasteiger partial charge in [0.1, 0.15) is 5.60 Å². The van der Waals surface area contributed by atoms with Crippen molar-refractivity contribution in [2.75, 3.05) is 6.54 Å². The molecule has 0 saturated carbocycles. The lowest BCUT2D eigenvalue weighted by Gasteiger charge is -2.20. The second-order valence-electron chi connectivity index (χ2n) is 3.78. The number of carbonyl (C=O) groups is 1. The normalized spacial score (nSPS) is 13.2. The molecule has 0 spiro atoms. The smallest absolute Gasteiger partial charge is 0.407 e. The number of carbonyl (C=O) groups excluding carboxylic acids is 1. The number of ether oxygens (including phenoxy) is 1. The first-order valence-corrected chi connectivity index (χ1v) is 4.20. The molecule has 0 unspecified atom stereocenters. The topological polar surface area (TPSA) is 64.3 Å². The van der Waals surface area contributed by atoms with Gasteiger partial charge in [-0.1, -0.05) is 6.08 Å². The predicted octanol–water partition coefficient (Wildman–Crippen LogP) is 1.02. The molecule has 4 heteroatoms. The van der Waals surface area contributed by atoms with Gasteiger partial charge in [0.15, 0.2) is 0 Å². The number of amides is 1. The number of rotatable bonds is 3. The molecular formula is C9H18N2O2. The summed E-state index contributed by atoms with van der Waals surface area (Å²) in [7, 11) is 0. The maximum atomic E-state index is 11.1. The molecule has 0 aliphatic carbocycles. The summed E-state index contributed by atoms with van der Waals surface area (Å²) in [6.45, 7) is 9.26. The van der Waals surface area contributed by atoms with Gasteiger partial charge in [0.05, 0.1) is 0 Å². The van der Waals surface area contributed by atoms with E-state index in [0.29, 0.717) is 6.54 Å². The van der Waals surface area contributed by atoms with Crippen LogP contribution in [0, 0.1) is 0 Å². The van der Waals surface area contributed by atoms with Gasteiger partial charge in [-0.25, -0.2) is 4.79 Å². The van der Waals surface area contributed by atoms with E-state index in [0.717, 1.165) is 0 Å². The maximum absolute atomic E-state index is 11.1. The summed E-state index contributed by atoms with van der Waals surface area (Å²) < 4.78 is 4.99. The van der Waals surface area contributed by atoms with Crippen molar-refractivity contribution in [3.05, 3.63) is 12.7 Å². The van der Waals surface area contributed by atoms with Crippen LogP contribution in [0.15, 0.2) is 12.7 Å². The highest BCUT2D eigenvalue weighted by atomic mass is 16.6. The Morgan fingerprint density at radius 1 is 1.69 bits per heavy atom. The van der Waals surface area contributed by atoms with Gasteiger partial charge in [-0.2, -0.15) is 0 Å². The van der Waals surface area contributed by atoms with Crippen LogP contribution in [0.3, 0.4) is 0 Å². The van der Waals surface area contributed by atoms with Crippen molar-refractivity contribution >= 4 is 6.09 Å². The van der Waals surface area contributed by atoms with E-state index in [1.807, 2.05) is 0 Å². The monoisotopic (exact) mass is 186 g/mol. The largest absolute Gasteiger partial charge is 0.444 e.